The van der Waals surface area contributed by atoms with E-state index in [0.717, 1.165) is 6.54 Å². The molecule has 0 amide bonds. The monoisotopic (exact) mass is 305 g/mol. The largest absolute Gasteiger partial charge is 0.310 e. The minimum Gasteiger partial charge on any atom is -0.310 e. The van der Waals surface area contributed by atoms with E-state index >= 15 is 0 Å². The predicted octanol–water partition coefficient (Wildman–Crippen LogP) is 5.80. The van der Waals surface area contributed by atoms with Gasteiger partial charge in [0.2, 0.25) is 0 Å². The Morgan fingerprint density at radius 2 is 2.10 bits per heavy atom. The van der Waals surface area contributed by atoms with Crippen LogP contribution in [0.25, 0.3) is 0 Å². The van der Waals surface area contributed by atoms with Gasteiger partial charge in [0.05, 0.1) is 0 Å². The minimum atomic E-state index is 0.579. The number of hydrogen-bond donors (Lipinski definition) is 1. The molecule has 0 aliphatic heterocycles. The van der Waals surface area contributed by atoms with Gasteiger partial charge in [-0.05, 0) is 63.1 Å². The maximum atomic E-state index is 3.80. The van der Waals surface area contributed by atoms with Crippen LogP contribution in [0.15, 0.2) is 18.7 Å². The Kier molecular flexibility index (Phi) is 7.52. The van der Waals surface area contributed by atoms with Crippen LogP contribution in [0, 0.1) is 0 Å². The number of allylic oxidation sites excluding steroid dienone is 1. The first-order valence-corrected chi connectivity index (χ1v) is 9.62. The van der Waals surface area contributed by atoms with Crippen LogP contribution in [0.5, 0.6) is 0 Å². The molecule has 0 aromatic carbocycles. The highest BCUT2D eigenvalue weighted by Gasteiger charge is 2.17. The van der Waals surface area contributed by atoms with Crippen molar-refractivity contribution in [1.29, 1.82) is 0 Å². The molecule has 1 N–H and O–H groups in total. The van der Waals surface area contributed by atoms with Gasteiger partial charge in [-0.15, -0.1) is 17.9 Å². The van der Waals surface area contributed by atoms with Crippen molar-refractivity contribution in [2.75, 3.05) is 6.54 Å². The fourth-order valence-electron chi connectivity index (χ4n) is 3.27. The number of fused-ring (bicyclic) bond motifs is 1. The first kappa shape index (κ1) is 16.8. The number of aryl methyl sites for hydroxylation is 2. The Morgan fingerprint density at radius 1 is 1.24 bits per heavy atom. The van der Waals surface area contributed by atoms with Crippen molar-refractivity contribution in [3.63, 3.8) is 0 Å². The number of rotatable bonds is 9. The van der Waals surface area contributed by atoms with E-state index in [1.807, 2.05) is 6.08 Å². The summed E-state index contributed by atoms with van der Waals surface area (Å²) in [6.07, 6.45) is 15.3. The molecule has 0 radical (unpaired) electrons. The lowest BCUT2D eigenvalue weighted by Gasteiger charge is -2.16. The molecule has 21 heavy (non-hydrogen) atoms. The minimum absolute atomic E-state index is 0.579. The zero-order valence-electron chi connectivity index (χ0n) is 13.6. The Hall–Kier alpha value is -0.600. The molecule has 0 spiro atoms. The van der Waals surface area contributed by atoms with Crippen LogP contribution in [0.1, 0.15) is 79.6 Å². The fraction of sp³-hybridized carbons (Fsp3) is 0.684. The number of unbranched alkanes of at least 4 members (excludes halogenated alkanes) is 3. The summed E-state index contributed by atoms with van der Waals surface area (Å²) in [5.74, 6) is 0. The van der Waals surface area contributed by atoms with Gasteiger partial charge in [0.1, 0.15) is 0 Å². The SMILES string of the molecule is C=CCCCCCC(NCC)c1cc2c(s1)CCCCC2. The molecular formula is C19H31NS. The first-order valence-electron chi connectivity index (χ1n) is 8.81. The van der Waals surface area contributed by atoms with Gasteiger partial charge in [0, 0.05) is 15.8 Å². The molecular weight excluding hydrogens is 274 g/mol. The summed E-state index contributed by atoms with van der Waals surface area (Å²) in [6.45, 7) is 7.10. The van der Waals surface area contributed by atoms with E-state index in [0.29, 0.717) is 6.04 Å². The molecule has 1 aliphatic rings. The second-order valence-electron chi connectivity index (χ2n) is 6.19. The van der Waals surface area contributed by atoms with Crippen LogP contribution >= 0.6 is 11.3 Å². The molecule has 1 atom stereocenters. The standard InChI is InChI=1S/C19H31NS/c1-3-5-6-7-10-13-17(20-4-2)19-15-16-12-9-8-11-14-18(16)21-19/h3,15,17,20H,1,4-14H2,2H3. The van der Waals surface area contributed by atoms with Crippen molar-refractivity contribution in [2.24, 2.45) is 0 Å². The van der Waals surface area contributed by atoms with E-state index in [2.05, 4.69) is 36.2 Å². The average Bonchev–Trinajstić information content (AvgIpc) is 2.77. The van der Waals surface area contributed by atoms with E-state index in [4.69, 9.17) is 0 Å². The molecule has 0 fully saturated rings. The maximum absolute atomic E-state index is 3.80. The lowest BCUT2D eigenvalue weighted by atomic mass is 10.0. The van der Waals surface area contributed by atoms with Crippen LogP contribution in [0.4, 0.5) is 0 Å². The smallest absolute Gasteiger partial charge is 0.0414 e. The van der Waals surface area contributed by atoms with Crippen molar-refractivity contribution in [3.05, 3.63) is 34.0 Å². The summed E-state index contributed by atoms with van der Waals surface area (Å²) in [5, 5.41) is 3.70. The van der Waals surface area contributed by atoms with Crippen molar-refractivity contribution in [2.45, 2.75) is 77.2 Å². The molecule has 1 aliphatic carbocycles. The third kappa shape index (κ3) is 5.27. The Morgan fingerprint density at radius 3 is 2.90 bits per heavy atom. The lowest BCUT2D eigenvalue weighted by Crippen LogP contribution is -2.19. The third-order valence-electron chi connectivity index (χ3n) is 4.46. The Labute approximate surface area is 134 Å². The third-order valence-corrected chi connectivity index (χ3v) is 5.81. The molecule has 0 saturated heterocycles. The van der Waals surface area contributed by atoms with Crippen LogP contribution in [0.3, 0.4) is 0 Å². The number of hydrogen-bond acceptors (Lipinski definition) is 2. The predicted molar refractivity (Wildman–Crippen MR) is 95.3 cm³/mol. The number of nitrogens with one attached hydrogen (secondary N) is 1. The van der Waals surface area contributed by atoms with Crippen LogP contribution in [0.2, 0.25) is 0 Å². The van der Waals surface area contributed by atoms with Gasteiger partial charge in [-0.3, -0.25) is 0 Å². The molecule has 1 heterocycles. The maximum Gasteiger partial charge on any atom is 0.0414 e. The average molecular weight is 306 g/mol. The topological polar surface area (TPSA) is 12.0 Å². The van der Waals surface area contributed by atoms with Gasteiger partial charge < -0.3 is 5.32 Å². The molecule has 1 nitrogen and oxygen atoms in total. The van der Waals surface area contributed by atoms with Crippen molar-refractivity contribution in [1.82, 2.24) is 5.32 Å². The highest BCUT2D eigenvalue weighted by molar-refractivity contribution is 7.12. The van der Waals surface area contributed by atoms with Gasteiger partial charge in [-0.2, -0.15) is 0 Å². The zero-order chi connectivity index (χ0) is 14.9. The van der Waals surface area contributed by atoms with Crippen LogP contribution < -0.4 is 5.32 Å². The van der Waals surface area contributed by atoms with Gasteiger partial charge in [-0.1, -0.05) is 32.3 Å². The van der Waals surface area contributed by atoms with Crippen LogP contribution in [-0.4, -0.2) is 6.54 Å². The summed E-state index contributed by atoms with van der Waals surface area (Å²) in [7, 11) is 0. The molecule has 118 valence electrons. The molecule has 0 bridgehead atoms. The van der Waals surface area contributed by atoms with E-state index in [1.165, 1.54) is 64.2 Å². The second-order valence-corrected chi connectivity index (χ2v) is 7.36. The van der Waals surface area contributed by atoms with Crippen LogP contribution in [-0.2, 0) is 12.8 Å². The lowest BCUT2D eigenvalue weighted by molar-refractivity contribution is 0.489. The summed E-state index contributed by atoms with van der Waals surface area (Å²) < 4.78 is 0. The number of thiophene rings is 1. The summed E-state index contributed by atoms with van der Waals surface area (Å²) in [5.41, 5.74) is 1.65. The molecule has 2 rings (SSSR count). The second kappa shape index (κ2) is 9.42. The first-order chi connectivity index (χ1) is 10.3. The van der Waals surface area contributed by atoms with E-state index in [1.54, 1.807) is 15.3 Å². The molecule has 2 heteroatoms. The molecule has 0 saturated carbocycles. The molecule has 1 unspecified atom stereocenters. The normalized spacial score (nSPS) is 16.2. The van der Waals surface area contributed by atoms with Gasteiger partial charge >= 0.3 is 0 Å². The quantitative estimate of drug-likeness (QED) is 0.345. The van der Waals surface area contributed by atoms with Gasteiger partial charge in [0.15, 0.2) is 0 Å². The van der Waals surface area contributed by atoms with E-state index in [9.17, 15) is 0 Å². The van der Waals surface area contributed by atoms with Gasteiger partial charge in [0.25, 0.3) is 0 Å². The fourth-order valence-corrected chi connectivity index (χ4v) is 4.64. The molecule has 1 aromatic heterocycles. The Bertz CT molecular complexity index is 398. The van der Waals surface area contributed by atoms with Crippen molar-refractivity contribution < 1.29 is 0 Å². The zero-order valence-corrected chi connectivity index (χ0v) is 14.4. The van der Waals surface area contributed by atoms with Crippen molar-refractivity contribution in [3.8, 4) is 0 Å². The summed E-state index contributed by atoms with van der Waals surface area (Å²) >= 11 is 2.09. The molecule has 1 aromatic rings. The highest BCUT2D eigenvalue weighted by Crippen LogP contribution is 2.34. The van der Waals surface area contributed by atoms with E-state index < -0.39 is 0 Å². The summed E-state index contributed by atoms with van der Waals surface area (Å²) in [6, 6.07) is 3.10. The van der Waals surface area contributed by atoms with Gasteiger partial charge in [-0.25, -0.2) is 0 Å². The Balaban J connectivity index is 1.92. The summed E-state index contributed by atoms with van der Waals surface area (Å²) in [4.78, 5) is 3.27. The highest BCUT2D eigenvalue weighted by atomic mass is 32.1. The van der Waals surface area contributed by atoms with Crippen molar-refractivity contribution >= 4 is 11.3 Å². The van der Waals surface area contributed by atoms with E-state index in [-0.39, 0.29) is 0 Å².